The molecule has 0 bridgehead atoms. The van der Waals surface area contributed by atoms with E-state index in [9.17, 15) is 4.39 Å². The maximum Gasteiger partial charge on any atom is 0.167 e. The predicted octanol–water partition coefficient (Wildman–Crippen LogP) is 4.58. The SMILES string of the molecule is CC(C)Oc1cc(NC2CCC(C)(C)CC2)c(N)cc1F. The molecule has 1 fully saturated rings. The van der Waals surface area contributed by atoms with Crippen LogP contribution in [0.5, 0.6) is 5.75 Å². The lowest BCUT2D eigenvalue weighted by Crippen LogP contribution is -2.30. The average molecular weight is 294 g/mol. The minimum Gasteiger partial charge on any atom is -0.488 e. The summed E-state index contributed by atoms with van der Waals surface area (Å²) in [6.45, 7) is 8.38. The highest BCUT2D eigenvalue weighted by atomic mass is 19.1. The van der Waals surface area contributed by atoms with Gasteiger partial charge in [0.2, 0.25) is 0 Å². The second-order valence-corrected chi connectivity index (χ2v) is 7.12. The molecule has 0 unspecified atom stereocenters. The molecule has 4 heteroatoms. The molecule has 0 atom stereocenters. The number of nitrogen functional groups attached to an aromatic ring is 1. The summed E-state index contributed by atoms with van der Waals surface area (Å²) in [5.41, 5.74) is 7.58. The maximum atomic E-state index is 13.8. The Morgan fingerprint density at radius 3 is 2.48 bits per heavy atom. The zero-order chi connectivity index (χ0) is 15.6. The summed E-state index contributed by atoms with van der Waals surface area (Å²) >= 11 is 0. The molecule has 0 aliphatic heterocycles. The summed E-state index contributed by atoms with van der Waals surface area (Å²) in [6, 6.07) is 3.43. The van der Waals surface area contributed by atoms with E-state index in [4.69, 9.17) is 10.5 Å². The normalized spacial score (nSPS) is 18.8. The van der Waals surface area contributed by atoms with Crippen LogP contribution in [0.2, 0.25) is 0 Å². The van der Waals surface area contributed by atoms with Crippen molar-refractivity contribution in [2.75, 3.05) is 11.1 Å². The second kappa shape index (κ2) is 6.12. The Bertz CT molecular complexity index is 490. The van der Waals surface area contributed by atoms with Crippen LogP contribution in [0.4, 0.5) is 15.8 Å². The lowest BCUT2D eigenvalue weighted by molar-refractivity contribution is 0.230. The largest absolute Gasteiger partial charge is 0.488 e. The second-order valence-electron chi connectivity index (χ2n) is 7.12. The molecule has 0 spiro atoms. The minimum absolute atomic E-state index is 0.0635. The molecule has 0 amide bonds. The van der Waals surface area contributed by atoms with E-state index in [0.29, 0.717) is 17.1 Å². The van der Waals surface area contributed by atoms with E-state index in [0.717, 1.165) is 18.5 Å². The van der Waals surface area contributed by atoms with Gasteiger partial charge >= 0.3 is 0 Å². The van der Waals surface area contributed by atoms with Gasteiger partial charge in [-0.15, -0.1) is 0 Å². The van der Waals surface area contributed by atoms with Crippen molar-refractivity contribution >= 4 is 11.4 Å². The van der Waals surface area contributed by atoms with Crippen molar-refractivity contribution in [1.29, 1.82) is 0 Å². The summed E-state index contributed by atoms with van der Waals surface area (Å²) in [5, 5.41) is 3.46. The average Bonchev–Trinajstić information content (AvgIpc) is 2.37. The Balaban J connectivity index is 2.09. The van der Waals surface area contributed by atoms with Crippen LogP contribution >= 0.6 is 0 Å². The third-order valence-electron chi connectivity index (χ3n) is 4.17. The highest BCUT2D eigenvalue weighted by molar-refractivity contribution is 5.69. The quantitative estimate of drug-likeness (QED) is 0.799. The van der Waals surface area contributed by atoms with E-state index in [1.807, 2.05) is 13.8 Å². The first kappa shape index (κ1) is 15.9. The van der Waals surface area contributed by atoms with Crippen molar-refractivity contribution in [2.24, 2.45) is 5.41 Å². The van der Waals surface area contributed by atoms with Crippen LogP contribution in [0.3, 0.4) is 0 Å². The fourth-order valence-corrected chi connectivity index (χ4v) is 2.80. The summed E-state index contributed by atoms with van der Waals surface area (Å²) in [7, 11) is 0. The molecular weight excluding hydrogens is 267 g/mol. The van der Waals surface area contributed by atoms with Crippen molar-refractivity contribution in [1.82, 2.24) is 0 Å². The monoisotopic (exact) mass is 294 g/mol. The van der Waals surface area contributed by atoms with E-state index in [2.05, 4.69) is 19.2 Å². The van der Waals surface area contributed by atoms with Gasteiger partial charge in [-0.1, -0.05) is 13.8 Å². The fraction of sp³-hybridized carbons (Fsp3) is 0.647. The van der Waals surface area contributed by atoms with Crippen LogP contribution in [0.15, 0.2) is 12.1 Å². The summed E-state index contributed by atoms with van der Waals surface area (Å²) in [6.07, 6.45) is 4.56. The van der Waals surface area contributed by atoms with Gasteiger partial charge in [0.05, 0.1) is 17.5 Å². The highest BCUT2D eigenvalue weighted by Gasteiger charge is 2.27. The van der Waals surface area contributed by atoms with Crippen molar-refractivity contribution < 1.29 is 9.13 Å². The third kappa shape index (κ3) is 4.26. The van der Waals surface area contributed by atoms with Gasteiger partial charge in [0, 0.05) is 18.2 Å². The smallest absolute Gasteiger partial charge is 0.167 e. The number of nitrogens with one attached hydrogen (secondary N) is 1. The molecule has 0 radical (unpaired) electrons. The number of anilines is 2. The van der Waals surface area contributed by atoms with Gasteiger partial charge in [-0.2, -0.15) is 0 Å². The first-order valence-corrected chi connectivity index (χ1v) is 7.79. The predicted molar refractivity (Wildman–Crippen MR) is 86.2 cm³/mol. The summed E-state index contributed by atoms with van der Waals surface area (Å²) in [5.74, 6) is -0.144. The van der Waals surface area contributed by atoms with Crippen molar-refractivity contribution in [3.05, 3.63) is 17.9 Å². The first-order chi connectivity index (χ1) is 9.77. The first-order valence-electron chi connectivity index (χ1n) is 7.79. The number of ether oxygens (including phenoxy) is 1. The fourth-order valence-electron chi connectivity index (χ4n) is 2.80. The molecule has 3 nitrogen and oxygen atoms in total. The van der Waals surface area contributed by atoms with Crippen LogP contribution in [-0.2, 0) is 0 Å². The van der Waals surface area contributed by atoms with Gasteiger partial charge in [0.1, 0.15) is 0 Å². The van der Waals surface area contributed by atoms with Gasteiger partial charge < -0.3 is 15.8 Å². The van der Waals surface area contributed by atoms with Gasteiger partial charge in [0.15, 0.2) is 11.6 Å². The minimum atomic E-state index is -0.406. The summed E-state index contributed by atoms with van der Waals surface area (Å²) < 4.78 is 19.3. The van der Waals surface area contributed by atoms with Crippen LogP contribution in [0.25, 0.3) is 0 Å². The molecule has 0 saturated heterocycles. The van der Waals surface area contributed by atoms with E-state index in [1.54, 1.807) is 6.07 Å². The van der Waals surface area contributed by atoms with Gasteiger partial charge in [-0.3, -0.25) is 0 Å². The van der Waals surface area contributed by atoms with Crippen molar-refractivity contribution in [3.8, 4) is 5.75 Å². The molecule has 3 N–H and O–H groups in total. The molecular formula is C17H27FN2O. The zero-order valence-corrected chi connectivity index (χ0v) is 13.5. The molecule has 21 heavy (non-hydrogen) atoms. The van der Waals surface area contributed by atoms with Crippen molar-refractivity contribution in [3.63, 3.8) is 0 Å². The Morgan fingerprint density at radius 2 is 1.90 bits per heavy atom. The Labute approximate surface area is 127 Å². The topological polar surface area (TPSA) is 47.3 Å². The number of benzene rings is 1. The number of hydrogen-bond acceptors (Lipinski definition) is 3. The Kier molecular flexibility index (Phi) is 4.64. The molecule has 0 aromatic heterocycles. The molecule has 2 rings (SSSR count). The van der Waals surface area contributed by atoms with Crippen LogP contribution in [0.1, 0.15) is 53.4 Å². The van der Waals surface area contributed by atoms with Crippen LogP contribution < -0.4 is 15.8 Å². The molecule has 1 aliphatic rings. The zero-order valence-electron chi connectivity index (χ0n) is 13.5. The van der Waals surface area contributed by atoms with E-state index >= 15 is 0 Å². The molecule has 1 aromatic rings. The standard InChI is InChI=1S/C17H27FN2O/c1-11(2)21-16-10-15(14(19)9-13(16)18)20-12-5-7-17(3,4)8-6-12/h9-12,20H,5-8,19H2,1-4H3. The van der Waals surface area contributed by atoms with Crippen molar-refractivity contribution in [2.45, 2.75) is 65.5 Å². The molecule has 1 aliphatic carbocycles. The highest BCUT2D eigenvalue weighted by Crippen LogP contribution is 2.37. The Hall–Kier alpha value is -1.45. The molecule has 0 heterocycles. The maximum absolute atomic E-state index is 13.8. The lowest BCUT2D eigenvalue weighted by Gasteiger charge is -2.35. The number of halogens is 1. The third-order valence-corrected chi connectivity index (χ3v) is 4.17. The van der Waals surface area contributed by atoms with Crippen LogP contribution in [-0.4, -0.2) is 12.1 Å². The molecule has 118 valence electrons. The number of nitrogens with two attached hydrogens (primary N) is 1. The van der Waals surface area contributed by atoms with E-state index < -0.39 is 5.82 Å². The molecule has 1 saturated carbocycles. The lowest BCUT2D eigenvalue weighted by atomic mass is 9.75. The van der Waals surface area contributed by atoms with Gasteiger partial charge in [-0.25, -0.2) is 4.39 Å². The van der Waals surface area contributed by atoms with E-state index in [1.165, 1.54) is 18.9 Å². The Morgan fingerprint density at radius 1 is 1.29 bits per heavy atom. The summed E-state index contributed by atoms with van der Waals surface area (Å²) in [4.78, 5) is 0. The number of hydrogen-bond donors (Lipinski definition) is 2. The molecule has 1 aromatic carbocycles. The van der Waals surface area contributed by atoms with Gasteiger partial charge in [-0.05, 0) is 44.9 Å². The van der Waals surface area contributed by atoms with E-state index in [-0.39, 0.29) is 11.9 Å². The van der Waals surface area contributed by atoms with Gasteiger partial charge in [0.25, 0.3) is 0 Å². The number of rotatable bonds is 4. The van der Waals surface area contributed by atoms with Crippen LogP contribution in [0, 0.1) is 11.2 Å².